The summed E-state index contributed by atoms with van der Waals surface area (Å²) in [7, 11) is 3.65. The highest BCUT2D eigenvalue weighted by atomic mass is 35.5. The van der Waals surface area contributed by atoms with Crippen molar-refractivity contribution in [2.24, 2.45) is 5.92 Å². The van der Waals surface area contributed by atoms with Crippen LogP contribution in [-0.4, -0.2) is 61.1 Å². The molecule has 1 aliphatic heterocycles. The highest BCUT2D eigenvalue weighted by Gasteiger charge is 2.37. The van der Waals surface area contributed by atoms with Gasteiger partial charge in [0.15, 0.2) is 17.3 Å². The number of amides is 1. The van der Waals surface area contributed by atoms with Gasteiger partial charge in [-0.05, 0) is 86.4 Å². The number of aromatic nitrogens is 2. The van der Waals surface area contributed by atoms with E-state index in [0.29, 0.717) is 47.3 Å². The summed E-state index contributed by atoms with van der Waals surface area (Å²) in [6, 6.07) is 11.4. The number of rotatable bonds is 12. The SMILES string of the molecule is CCC(=O)CNC1CCC(CN(C)c2cnc(N3C(=O)Cc4cc(OC)c(OC(C)C)cc4[C@@H]3c3ccc(Cl)cc3)cn2)CC1. The third kappa shape index (κ3) is 7.76. The lowest BCUT2D eigenvalue weighted by Crippen LogP contribution is -2.41. The number of halogens is 1. The van der Waals surface area contributed by atoms with Crippen LogP contribution in [0.3, 0.4) is 0 Å². The molecule has 1 amide bonds. The quantitative estimate of drug-likeness (QED) is 0.253. The summed E-state index contributed by atoms with van der Waals surface area (Å²) in [4.78, 5) is 38.9. The normalized spacial score (nSPS) is 19.8. The van der Waals surface area contributed by atoms with Crippen LogP contribution in [0.25, 0.3) is 0 Å². The zero-order valence-corrected chi connectivity index (χ0v) is 27.6. The van der Waals surface area contributed by atoms with E-state index in [0.717, 1.165) is 54.7 Å². The fourth-order valence-corrected chi connectivity index (χ4v) is 6.47. The summed E-state index contributed by atoms with van der Waals surface area (Å²) in [5.74, 6) is 3.20. The highest BCUT2D eigenvalue weighted by Crippen LogP contribution is 2.43. The van der Waals surface area contributed by atoms with Crippen LogP contribution < -0.4 is 24.6 Å². The van der Waals surface area contributed by atoms with E-state index in [4.69, 9.17) is 31.0 Å². The molecule has 0 bridgehead atoms. The molecule has 240 valence electrons. The van der Waals surface area contributed by atoms with Gasteiger partial charge < -0.3 is 19.7 Å². The average Bonchev–Trinajstić information content (AvgIpc) is 3.04. The number of anilines is 2. The van der Waals surface area contributed by atoms with Crippen molar-refractivity contribution in [3.63, 3.8) is 0 Å². The van der Waals surface area contributed by atoms with Crippen LogP contribution in [0.1, 0.15) is 75.6 Å². The molecule has 2 aliphatic rings. The maximum Gasteiger partial charge on any atom is 0.233 e. The van der Waals surface area contributed by atoms with Crippen molar-refractivity contribution in [1.82, 2.24) is 15.3 Å². The molecule has 0 unspecified atom stereocenters. The number of methoxy groups -OCH3 is 1. The molecule has 1 aromatic heterocycles. The van der Waals surface area contributed by atoms with Gasteiger partial charge >= 0.3 is 0 Å². The molecule has 2 heterocycles. The van der Waals surface area contributed by atoms with E-state index in [-0.39, 0.29) is 24.2 Å². The number of benzene rings is 2. The number of carbonyl (C=O) groups is 2. The zero-order chi connectivity index (χ0) is 32.1. The van der Waals surface area contributed by atoms with Crippen LogP contribution in [-0.2, 0) is 16.0 Å². The van der Waals surface area contributed by atoms with Gasteiger partial charge in [0.1, 0.15) is 11.6 Å². The molecular formula is C35H44ClN5O4. The summed E-state index contributed by atoms with van der Waals surface area (Å²) in [5.41, 5.74) is 2.73. The molecule has 10 heteroatoms. The molecule has 0 spiro atoms. The number of Topliss-reactive ketones (excluding diaryl/α,β-unsaturated/α-hetero) is 1. The monoisotopic (exact) mass is 633 g/mol. The summed E-state index contributed by atoms with van der Waals surface area (Å²) >= 11 is 6.25. The third-order valence-corrected chi connectivity index (χ3v) is 9.01. The molecule has 1 atom stereocenters. The smallest absolute Gasteiger partial charge is 0.233 e. The Balaban J connectivity index is 1.36. The standard InChI is InChI=1S/C35H44ClN5O4/c1-6-28(42)18-37-27-13-7-23(8-14-27)21-40(4)32-19-39-33(20-38-32)41-34(43)16-25-15-30(44-5)31(45-22(2)3)17-29(25)35(41)24-9-11-26(36)12-10-24/h9-12,15,17,19-20,22-23,27,35,37H,6-8,13-14,16,18,21H2,1-5H3/t23?,27?,35-/m0/s1. The molecule has 5 rings (SSSR count). The second-order valence-electron chi connectivity index (χ2n) is 12.4. The predicted molar refractivity (Wildman–Crippen MR) is 178 cm³/mol. The Bertz CT molecular complexity index is 1470. The van der Waals surface area contributed by atoms with Gasteiger partial charge in [0.25, 0.3) is 0 Å². The first-order valence-corrected chi connectivity index (χ1v) is 16.3. The van der Waals surface area contributed by atoms with Crippen molar-refractivity contribution < 1.29 is 19.1 Å². The van der Waals surface area contributed by atoms with Gasteiger partial charge in [0, 0.05) is 31.1 Å². The van der Waals surface area contributed by atoms with Crippen LogP contribution in [0.2, 0.25) is 5.02 Å². The summed E-state index contributed by atoms with van der Waals surface area (Å²) in [5, 5.41) is 4.04. The lowest BCUT2D eigenvalue weighted by molar-refractivity contribution is -0.119. The molecule has 9 nitrogen and oxygen atoms in total. The maximum absolute atomic E-state index is 13.8. The predicted octanol–water partition coefficient (Wildman–Crippen LogP) is 6.17. The molecule has 1 saturated carbocycles. The third-order valence-electron chi connectivity index (χ3n) is 8.76. The number of carbonyl (C=O) groups excluding carboxylic acids is 2. The van der Waals surface area contributed by atoms with Crippen LogP contribution in [0.4, 0.5) is 11.6 Å². The molecule has 0 radical (unpaired) electrons. The van der Waals surface area contributed by atoms with Gasteiger partial charge in [-0.3, -0.25) is 14.5 Å². The van der Waals surface area contributed by atoms with Crippen LogP contribution in [0.5, 0.6) is 11.5 Å². The number of ketones is 1. The molecule has 1 aliphatic carbocycles. The number of nitrogens with zero attached hydrogens (tertiary/aromatic N) is 4. The van der Waals surface area contributed by atoms with E-state index in [2.05, 4.69) is 10.2 Å². The Hall–Kier alpha value is -3.69. The topological polar surface area (TPSA) is 96.9 Å². The largest absolute Gasteiger partial charge is 0.493 e. The van der Waals surface area contributed by atoms with Gasteiger partial charge in [-0.1, -0.05) is 30.7 Å². The lowest BCUT2D eigenvalue weighted by atomic mass is 9.85. The summed E-state index contributed by atoms with van der Waals surface area (Å²) in [6.45, 7) is 7.19. The van der Waals surface area contributed by atoms with E-state index in [1.54, 1.807) is 24.4 Å². The Kier molecular flexibility index (Phi) is 10.6. The van der Waals surface area contributed by atoms with E-state index < -0.39 is 6.04 Å². The second kappa shape index (κ2) is 14.6. The van der Waals surface area contributed by atoms with Crippen molar-refractivity contribution >= 4 is 34.9 Å². The molecule has 45 heavy (non-hydrogen) atoms. The minimum absolute atomic E-state index is 0.0502. The Labute approximate surface area is 271 Å². The van der Waals surface area contributed by atoms with Crippen molar-refractivity contribution in [2.45, 2.75) is 77.5 Å². The van der Waals surface area contributed by atoms with Crippen LogP contribution >= 0.6 is 11.6 Å². The Morgan fingerprint density at radius 3 is 2.44 bits per heavy atom. The number of hydrogen-bond acceptors (Lipinski definition) is 8. The summed E-state index contributed by atoms with van der Waals surface area (Å²) in [6.07, 6.45) is 8.52. The Morgan fingerprint density at radius 2 is 1.82 bits per heavy atom. The molecule has 2 aromatic carbocycles. The van der Waals surface area contributed by atoms with E-state index >= 15 is 0 Å². The van der Waals surface area contributed by atoms with E-state index in [9.17, 15) is 9.59 Å². The summed E-state index contributed by atoms with van der Waals surface area (Å²) < 4.78 is 11.7. The minimum atomic E-state index is -0.451. The molecular weight excluding hydrogens is 590 g/mol. The first kappa shape index (κ1) is 32.7. The Morgan fingerprint density at radius 1 is 1.09 bits per heavy atom. The van der Waals surface area contributed by atoms with Crippen molar-refractivity contribution in [1.29, 1.82) is 0 Å². The number of hydrogen-bond donors (Lipinski definition) is 1. The first-order valence-electron chi connectivity index (χ1n) is 15.9. The molecule has 1 fully saturated rings. The van der Waals surface area contributed by atoms with E-state index in [1.165, 1.54) is 0 Å². The number of ether oxygens (including phenoxy) is 2. The van der Waals surface area contributed by atoms with Crippen molar-refractivity contribution in [3.05, 3.63) is 70.5 Å². The molecule has 1 N–H and O–H groups in total. The fraction of sp³-hybridized carbons (Fsp3) is 0.486. The maximum atomic E-state index is 13.8. The molecule has 3 aromatic rings. The van der Waals surface area contributed by atoms with Crippen molar-refractivity contribution in [2.75, 3.05) is 37.0 Å². The van der Waals surface area contributed by atoms with Crippen molar-refractivity contribution in [3.8, 4) is 11.5 Å². The van der Waals surface area contributed by atoms with Gasteiger partial charge in [0.2, 0.25) is 5.91 Å². The zero-order valence-electron chi connectivity index (χ0n) is 26.9. The van der Waals surface area contributed by atoms with Gasteiger partial charge in [-0.2, -0.15) is 0 Å². The van der Waals surface area contributed by atoms with Gasteiger partial charge in [-0.25, -0.2) is 9.97 Å². The van der Waals surface area contributed by atoms with Gasteiger partial charge in [-0.15, -0.1) is 0 Å². The highest BCUT2D eigenvalue weighted by molar-refractivity contribution is 6.30. The average molecular weight is 634 g/mol. The van der Waals surface area contributed by atoms with Crippen LogP contribution in [0, 0.1) is 5.92 Å². The fourth-order valence-electron chi connectivity index (χ4n) is 6.34. The first-order chi connectivity index (χ1) is 21.7. The minimum Gasteiger partial charge on any atom is -0.493 e. The second-order valence-corrected chi connectivity index (χ2v) is 12.8. The molecule has 0 saturated heterocycles. The van der Waals surface area contributed by atoms with Crippen LogP contribution in [0.15, 0.2) is 48.8 Å². The van der Waals surface area contributed by atoms with Gasteiger partial charge in [0.05, 0.1) is 44.6 Å². The lowest BCUT2D eigenvalue weighted by Gasteiger charge is -2.37. The number of fused-ring (bicyclic) bond motifs is 1. The van der Waals surface area contributed by atoms with E-state index in [1.807, 2.05) is 64.2 Å². The number of nitrogens with one attached hydrogen (secondary N) is 1.